The van der Waals surface area contributed by atoms with Crippen LogP contribution in [-0.2, 0) is 20.7 Å². The second-order valence-corrected chi connectivity index (χ2v) is 4.51. The van der Waals surface area contributed by atoms with Gasteiger partial charge in [0.05, 0.1) is 5.60 Å². The number of hydrogen-bond donors (Lipinski definition) is 1. The van der Waals surface area contributed by atoms with E-state index in [0.717, 1.165) is 17.5 Å². The van der Waals surface area contributed by atoms with Crippen LogP contribution < -0.4 is 0 Å². The van der Waals surface area contributed by atoms with Crippen LogP contribution in [0.4, 0.5) is 0 Å². The van der Waals surface area contributed by atoms with E-state index < -0.39 is 17.2 Å². The first kappa shape index (κ1) is 11.7. The molecule has 2 heterocycles. The number of carboxylic acids is 1. The van der Waals surface area contributed by atoms with Gasteiger partial charge in [-0.1, -0.05) is 24.3 Å². The van der Waals surface area contributed by atoms with Crippen molar-refractivity contribution in [2.45, 2.75) is 31.0 Å². The first-order chi connectivity index (χ1) is 7.08. The van der Waals surface area contributed by atoms with Gasteiger partial charge in [0.2, 0.25) is 0 Å². The Morgan fingerprint density at radius 3 is 2.56 bits per heavy atom. The van der Waals surface area contributed by atoms with E-state index in [1.54, 1.807) is 0 Å². The third kappa shape index (κ3) is 1.17. The van der Waals surface area contributed by atoms with Crippen molar-refractivity contribution in [3.63, 3.8) is 0 Å². The van der Waals surface area contributed by atoms with Gasteiger partial charge in [0.15, 0.2) is 5.60 Å². The van der Waals surface area contributed by atoms with Crippen molar-refractivity contribution in [1.29, 1.82) is 0 Å². The monoisotopic (exact) mass is 212 g/mol. The van der Waals surface area contributed by atoms with Crippen molar-refractivity contribution in [1.82, 2.24) is 0 Å². The molecule has 2 bridgehead atoms. The second-order valence-electron chi connectivity index (χ2n) is 4.51. The molecule has 1 aromatic rings. The Morgan fingerprint density at radius 2 is 1.94 bits per heavy atom. The zero-order valence-corrected chi connectivity index (χ0v) is 8.49. The molecule has 1 saturated heterocycles. The van der Waals surface area contributed by atoms with Gasteiger partial charge in [0, 0.05) is 5.56 Å². The molecular weight excluding hydrogens is 199 g/mol. The fraction of sp³-hybridized carbons (Fsp3) is 0.417. The molecular formula is C12H13LiO3. The molecule has 80 valence electrons. The summed E-state index contributed by atoms with van der Waals surface area (Å²) in [4.78, 5) is 11.4. The Kier molecular flexibility index (Phi) is 2.47. The van der Waals surface area contributed by atoms with Crippen LogP contribution in [0.5, 0.6) is 0 Å². The maximum absolute atomic E-state index is 11.4. The molecule has 0 amide bonds. The summed E-state index contributed by atoms with van der Waals surface area (Å²) in [6.07, 6.45) is 1.37. The number of aliphatic carboxylic acids is 1. The Labute approximate surface area is 106 Å². The van der Waals surface area contributed by atoms with E-state index in [9.17, 15) is 9.90 Å². The summed E-state index contributed by atoms with van der Waals surface area (Å²) in [5, 5.41) is 9.33. The van der Waals surface area contributed by atoms with E-state index in [-0.39, 0.29) is 18.9 Å². The molecule has 0 aromatic heterocycles. The topological polar surface area (TPSA) is 46.5 Å². The summed E-state index contributed by atoms with van der Waals surface area (Å²) in [5.74, 6) is -0.865. The fourth-order valence-electron chi connectivity index (χ4n) is 2.84. The van der Waals surface area contributed by atoms with Crippen LogP contribution >= 0.6 is 0 Å². The van der Waals surface area contributed by atoms with Gasteiger partial charge in [-0.2, -0.15) is 0 Å². The van der Waals surface area contributed by atoms with Crippen molar-refractivity contribution in [2.75, 3.05) is 0 Å². The quantitative estimate of drug-likeness (QED) is 0.715. The van der Waals surface area contributed by atoms with Crippen molar-refractivity contribution >= 4 is 24.8 Å². The van der Waals surface area contributed by atoms with Gasteiger partial charge < -0.3 is 9.84 Å². The van der Waals surface area contributed by atoms with E-state index in [1.807, 2.05) is 31.2 Å². The predicted octanol–water partition coefficient (Wildman–Crippen LogP) is 1.36. The van der Waals surface area contributed by atoms with Gasteiger partial charge in [-0.15, -0.1) is 0 Å². The number of ether oxygens (including phenoxy) is 1. The second kappa shape index (κ2) is 3.37. The normalized spacial score (nSPS) is 34.3. The molecule has 1 aromatic carbocycles. The molecule has 3 rings (SSSR count). The molecule has 0 unspecified atom stereocenters. The van der Waals surface area contributed by atoms with E-state index >= 15 is 0 Å². The fourth-order valence-corrected chi connectivity index (χ4v) is 2.84. The van der Waals surface area contributed by atoms with Crippen LogP contribution in [0.25, 0.3) is 0 Å². The zero-order chi connectivity index (χ0) is 10.7. The minimum atomic E-state index is -1.08. The van der Waals surface area contributed by atoms with Gasteiger partial charge in [0.1, 0.15) is 0 Å². The molecule has 1 N–H and O–H groups in total. The average Bonchev–Trinajstić information content (AvgIpc) is 2.70. The van der Waals surface area contributed by atoms with Crippen LogP contribution in [0.1, 0.15) is 30.9 Å². The predicted molar refractivity (Wildman–Crippen MR) is 60.6 cm³/mol. The van der Waals surface area contributed by atoms with Crippen molar-refractivity contribution < 1.29 is 14.6 Å². The molecule has 4 heteroatoms. The number of benzene rings is 1. The summed E-state index contributed by atoms with van der Waals surface area (Å²) < 4.78 is 5.78. The third-order valence-corrected chi connectivity index (χ3v) is 3.63. The average molecular weight is 212 g/mol. The van der Waals surface area contributed by atoms with Crippen molar-refractivity contribution in [2.24, 2.45) is 0 Å². The van der Waals surface area contributed by atoms with E-state index in [1.165, 1.54) is 0 Å². The summed E-state index contributed by atoms with van der Waals surface area (Å²) in [5.41, 5.74) is 0.408. The molecule has 3 nitrogen and oxygen atoms in total. The van der Waals surface area contributed by atoms with Gasteiger partial charge in [-0.05, 0) is 25.3 Å². The maximum atomic E-state index is 11.4. The van der Waals surface area contributed by atoms with Crippen LogP contribution in [0.15, 0.2) is 24.3 Å². The summed E-state index contributed by atoms with van der Waals surface area (Å²) in [6.45, 7) is 1.98. The van der Waals surface area contributed by atoms with Gasteiger partial charge in [-0.25, -0.2) is 4.79 Å². The molecule has 2 atom stereocenters. The molecule has 0 aliphatic carbocycles. The summed E-state index contributed by atoms with van der Waals surface area (Å²) in [7, 11) is 0. The SMILES string of the molecule is C[C@]12CC[C@](C(=O)O)(O1)c1ccccc12.[LiH]. The van der Waals surface area contributed by atoms with Gasteiger partial charge in [-0.3, -0.25) is 0 Å². The number of rotatable bonds is 1. The van der Waals surface area contributed by atoms with Crippen LogP contribution in [0.2, 0.25) is 0 Å². The zero-order valence-electron chi connectivity index (χ0n) is 8.49. The molecule has 0 radical (unpaired) electrons. The minimum absolute atomic E-state index is 0. The Morgan fingerprint density at radius 1 is 1.31 bits per heavy atom. The molecule has 1 fully saturated rings. The van der Waals surface area contributed by atoms with Gasteiger partial charge in [0.25, 0.3) is 0 Å². The van der Waals surface area contributed by atoms with Crippen LogP contribution in [0.3, 0.4) is 0 Å². The first-order valence-corrected chi connectivity index (χ1v) is 5.12. The number of carbonyl (C=O) groups is 1. The third-order valence-electron chi connectivity index (χ3n) is 3.63. The number of hydrogen-bond acceptors (Lipinski definition) is 2. The summed E-state index contributed by atoms with van der Waals surface area (Å²) >= 11 is 0. The first-order valence-electron chi connectivity index (χ1n) is 5.12. The van der Waals surface area contributed by atoms with Crippen molar-refractivity contribution in [3.05, 3.63) is 35.4 Å². The van der Waals surface area contributed by atoms with Crippen LogP contribution in [0, 0.1) is 0 Å². The number of carboxylic acid groups (broad SMARTS) is 1. The Balaban J connectivity index is 0.000000963. The van der Waals surface area contributed by atoms with E-state index in [0.29, 0.717) is 6.42 Å². The Hall–Kier alpha value is -0.753. The molecule has 0 spiro atoms. The van der Waals surface area contributed by atoms with Gasteiger partial charge >= 0.3 is 24.8 Å². The standard InChI is InChI=1S/C12H12O3.Li.H/c1-11-6-7-12(15-11,10(13)14)9-5-3-2-4-8(9)11;;/h2-5H,6-7H2,1H3,(H,13,14);;/t11-,12+;;/m1../s1. The molecule has 16 heavy (non-hydrogen) atoms. The van der Waals surface area contributed by atoms with Crippen molar-refractivity contribution in [3.8, 4) is 0 Å². The van der Waals surface area contributed by atoms with E-state index in [4.69, 9.17) is 4.74 Å². The van der Waals surface area contributed by atoms with E-state index in [2.05, 4.69) is 0 Å². The Bertz CT molecular complexity index is 459. The molecule has 2 aliphatic heterocycles. The molecule has 0 saturated carbocycles. The summed E-state index contributed by atoms with van der Waals surface area (Å²) in [6, 6.07) is 7.65. The number of fused-ring (bicyclic) bond motifs is 5. The molecule has 2 aliphatic rings. The van der Waals surface area contributed by atoms with Crippen LogP contribution in [-0.4, -0.2) is 29.9 Å².